The van der Waals surface area contributed by atoms with E-state index in [0.717, 1.165) is 0 Å². The van der Waals surface area contributed by atoms with Gasteiger partial charge in [-0.2, -0.15) is 0 Å². The van der Waals surface area contributed by atoms with E-state index in [1.807, 2.05) is 0 Å². The molecule has 8 nitrogen and oxygen atoms in total. The number of rotatable bonds is 7. The molecular weight excluding hydrogens is 236 g/mol. The van der Waals surface area contributed by atoms with Gasteiger partial charge < -0.3 is 20.4 Å². The molecule has 0 amide bonds. The second-order valence-corrected chi connectivity index (χ2v) is 3.60. The lowest BCUT2D eigenvalue weighted by atomic mass is 9.81. The van der Waals surface area contributed by atoms with E-state index in [-0.39, 0.29) is 6.42 Å². The van der Waals surface area contributed by atoms with Crippen LogP contribution >= 0.6 is 0 Å². The number of hydrogen-bond donors (Lipinski definition) is 4. The minimum Gasteiger partial charge on any atom is -0.481 e. The van der Waals surface area contributed by atoms with Gasteiger partial charge in [-0.3, -0.25) is 19.2 Å². The third-order valence-electron chi connectivity index (χ3n) is 2.47. The van der Waals surface area contributed by atoms with E-state index < -0.39 is 41.6 Å². The molecule has 0 rings (SSSR count). The predicted octanol–water partition coefficient (Wildman–Crippen LogP) is -0.273. The van der Waals surface area contributed by atoms with Crippen molar-refractivity contribution in [2.75, 3.05) is 0 Å². The summed E-state index contributed by atoms with van der Waals surface area (Å²) in [6.07, 6.45) is -1.15. The Hall–Kier alpha value is -2.12. The lowest BCUT2D eigenvalue weighted by Gasteiger charge is -2.20. The lowest BCUT2D eigenvalue weighted by molar-refractivity contribution is -0.177. The SMILES string of the molecule is CC(CCC(C(=O)O)(C(=O)O)C(=O)O)C(=O)O. The van der Waals surface area contributed by atoms with Gasteiger partial charge in [-0.15, -0.1) is 0 Å². The van der Waals surface area contributed by atoms with Crippen molar-refractivity contribution in [2.24, 2.45) is 11.3 Å². The zero-order valence-electron chi connectivity index (χ0n) is 8.91. The summed E-state index contributed by atoms with van der Waals surface area (Å²) in [6.45, 7) is 1.23. The smallest absolute Gasteiger partial charge is 0.332 e. The molecule has 0 saturated carbocycles. The predicted molar refractivity (Wildman–Crippen MR) is 51.4 cm³/mol. The van der Waals surface area contributed by atoms with Crippen LogP contribution in [0.5, 0.6) is 0 Å². The number of hydrogen-bond acceptors (Lipinski definition) is 4. The molecule has 0 radical (unpaired) electrons. The maximum absolute atomic E-state index is 10.8. The Balaban J connectivity index is 5.08. The van der Waals surface area contributed by atoms with Crippen molar-refractivity contribution >= 4 is 23.9 Å². The Bertz CT molecular complexity index is 322. The molecule has 4 N–H and O–H groups in total. The maximum atomic E-state index is 10.8. The van der Waals surface area contributed by atoms with Crippen LogP contribution in [0.2, 0.25) is 0 Å². The summed E-state index contributed by atoms with van der Waals surface area (Å²) in [5.74, 6) is -8.33. The van der Waals surface area contributed by atoms with Crippen molar-refractivity contribution in [2.45, 2.75) is 19.8 Å². The lowest BCUT2D eigenvalue weighted by Crippen LogP contribution is -2.46. The van der Waals surface area contributed by atoms with Crippen molar-refractivity contribution in [3.05, 3.63) is 0 Å². The highest BCUT2D eigenvalue weighted by Crippen LogP contribution is 2.27. The van der Waals surface area contributed by atoms with Gasteiger partial charge in [0.05, 0.1) is 5.92 Å². The zero-order valence-corrected chi connectivity index (χ0v) is 8.91. The standard InChI is InChI=1S/C9H12O8/c1-4(5(10)11)2-3-9(6(12)13,7(14)15)8(16)17/h4H,2-3H2,1H3,(H,10,11)(H,12,13)(H,14,15)(H,16,17). The summed E-state index contributed by atoms with van der Waals surface area (Å²) < 4.78 is 0. The van der Waals surface area contributed by atoms with E-state index in [0.29, 0.717) is 0 Å². The Morgan fingerprint density at radius 1 is 0.941 bits per heavy atom. The first-order valence-corrected chi connectivity index (χ1v) is 4.59. The normalized spacial score (nSPS) is 12.8. The molecule has 0 saturated heterocycles. The molecule has 96 valence electrons. The third-order valence-corrected chi connectivity index (χ3v) is 2.47. The molecule has 0 aliphatic rings. The van der Waals surface area contributed by atoms with Crippen LogP contribution in [-0.2, 0) is 19.2 Å². The van der Waals surface area contributed by atoms with E-state index in [1.54, 1.807) is 0 Å². The molecule has 1 unspecified atom stereocenters. The fourth-order valence-electron chi connectivity index (χ4n) is 1.15. The maximum Gasteiger partial charge on any atom is 0.332 e. The van der Waals surface area contributed by atoms with E-state index in [2.05, 4.69) is 0 Å². The monoisotopic (exact) mass is 248 g/mol. The van der Waals surface area contributed by atoms with E-state index in [4.69, 9.17) is 20.4 Å². The summed E-state index contributed by atoms with van der Waals surface area (Å²) in [5, 5.41) is 34.7. The van der Waals surface area contributed by atoms with Gasteiger partial charge in [0.1, 0.15) is 0 Å². The molecule has 0 aromatic heterocycles. The van der Waals surface area contributed by atoms with Gasteiger partial charge >= 0.3 is 23.9 Å². The van der Waals surface area contributed by atoms with Crippen LogP contribution in [0.25, 0.3) is 0 Å². The number of carboxylic acid groups (broad SMARTS) is 4. The molecular formula is C9H12O8. The first-order valence-electron chi connectivity index (χ1n) is 4.59. The Kier molecular flexibility index (Phi) is 4.62. The van der Waals surface area contributed by atoms with Gasteiger partial charge in [-0.05, 0) is 12.8 Å². The molecule has 8 heteroatoms. The highest BCUT2D eigenvalue weighted by molar-refractivity contribution is 6.16. The molecule has 0 aliphatic carbocycles. The average molecular weight is 248 g/mol. The largest absolute Gasteiger partial charge is 0.481 e. The van der Waals surface area contributed by atoms with Gasteiger partial charge in [0.2, 0.25) is 0 Å². The number of carbonyl (C=O) groups is 4. The fourth-order valence-corrected chi connectivity index (χ4v) is 1.15. The first kappa shape index (κ1) is 14.9. The molecule has 0 heterocycles. The van der Waals surface area contributed by atoms with Crippen LogP contribution in [0, 0.1) is 11.3 Å². The van der Waals surface area contributed by atoms with Crippen LogP contribution in [0.3, 0.4) is 0 Å². The average Bonchev–Trinajstić information content (AvgIpc) is 2.16. The fraction of sp³-hybridized carbons (Fsp3) is 0.556. The van der Waals surface area contributed by atoms with E-state index in [1.165, 1.54) is 6.92 Å². The Morgan fingerprint density at radius 2 is 1.29 bits per heavy atom. The summed E-state index contributed by atoms with van der Waals surface area (Å²) >= 11 is 0. The number of aliphatic carboxylic acids is 4. The summed E-state index contributed by atoms with van der Waals surface area (Å²) in [4.78, 5) is 42.8. The van der Waals surface area contributed by atoms with Crippen molar-refractivity contribution in [3.63, 3.8) is 0 Å². The van der Waals surface area contributed by atoms with Gasteiger partial charge in [0, 0.05) is 0 Å². The molecule has 0 aromatic carbocycles. The molecule has 1 atom stereocenters. The topological polar surface area (TPSA) is 149 Å². The van der Waals surface area contributed by atoms with Crippen LogP contribution in [0.4, 0.5) is 0 Å². The van der Waals surface area contributed by atoms with Crippen LogP contribution in [0.1, 0.15) is 19.8 Å². The summed E-state index contributed by atoms with van der Waals surface area (Å²) in [7, 11) is 0. The molecule has 0 bridgehead atoms. The van der Waals surface area contributed by atoms with Crippen molar-refractivity contribution in [1.29, 1.82) is 0 Å². The van der Waals surface area contributed by atoms with Gasteiger partial charge in [-0.1, -0.05) is 6.92 Å². The first-order chi connectivity index (χ1) is 7.66. The van der Waals surface area contributed by atoms with Crippen molar-refractivity contribution < 1.29 is 39.6 Å². The van der Waals surface area contributed by atoms with Crippen molar-refractivity contribution in [3.8, 4) is 0 Å². The van der Waals surface area contributed by atoms with Crippen LogP contribution in [-0.4, -0.2) is 44.3 Å². The third kappa shape index (κ3) is 2.92. The van der Waals surface area contributed by atoms with Crippen molar-refractivity contribution in [1.82, 2.24) is 0 Å². The number of carboxylic acids is 4. The zero-order chi connectivity index (χ0) is 13.8. The van der Waals surface area contributed by atoms with Crippen LogP contribution < -0.4 is 0 Å². The quantitative estimate of drug-likeness (QED) is 0.449. The minimum atomic E-state index is -3.00. The van der Waals surface area contributed by atoms with Crippen LogP contribution in [0.15, 0.2) is 0 Å². The Morgan fingerprint density at radius 3 is 1.53 bits per heavy atom. The van der Waals surface area contributed by atoms with Gasteiger partial charge in [0.15, 0.2) is 0 Å². The molecule has 0 aliphatic heterocycles. The van der Waals surface area contributed by atoms with E-state index >= 15 is 0 Å². The van der Waals surface area contributed by atoms with Gasteiger partial charge in [0.25, 0.3) is 5.41 Å². The van der Waals surface area contributed by atoms with E-state index in [9.17, 15) is 19.2 Å². The molecule has 0 aromatic rings. The highest BCUT2D eigenvalue weighted by atomic mass is 16.4. The molecule has 17 heavy (non-hydrogen) atoms. The Labute approximate surface area is 95.5 Å². The second kappa shape index (κ2) is 5.28. The minimum absolute atomic E-state index is 0.361. The summed E-state index contributed by atoms with van der Waals surface area (Å²) in [5.41, 5.74) is -3.00. The molecule has 0 fully saturated rings. The molecule has 0 spiro atoms. The van der Waals surface area contributed by atoms with Gasteiger partial charge in [-0.25, -0.2) is 0 Å². The summed E-state index contributed by atoms with van der Waals surface area (Å²) in [6, 6.07) is 0. The highest BCUT2D eigenvalue weighted by Gasteiger charge is 2.54. The second-order valence-electron chi connectivity index (χ2n) is 3.60.